The van der Waals surface area contributed by atoms with Crippen LogP contribution < -0.4 is 5.32 Å². The van der Waals surface area contributed by atoms with Gasteiger partial charge in [-0.25, -0.2) is 4.79 Å². The Morgan fingerprint density at radius 2 is 2.18 bits per heavy atom. The normalized spacial score (nSPS) is 29.4. The quantitative estimate of drug-likeness (QED) is 0.795. The van der Waals surface area contributed by atoms with Crippen LogP contribution in [0, 0.1) is 0 Å². The summed E-state index contributed by atoms with van der Waals surface area (Å²) < 4.78 is 0. The molecular weight excluding hydrogens is 214 g/mol. The van der Waals surface area contributed by atoms with E-state index in [0.717, 1.165) is 26.1 Å². The first kappa shape index (κ1) is 12.7. The van der Waals surface area contributed by atoms with Gasteiger partial charge in [-0.15, -0.1) is 0 Å². The Balaban J connectivity index is 2.03. The Labute approximate surface area is 104 Å². The highest BCUT2D eigenvalue weighted by Gasteiger charge is 2.34. The Morgan fingerprint density at radius 3 is 2.82 bits per heavy atom. The number of nitrogens with zero attached hydrogens (tertiary/aromatic N) is 2. The van der Waals surface area contributed by atoms with Crippen molar-refractivity contribution in [3.8, 4) is 0 Å². The van der Waals surface area contributed by atoms with Gasteiger partial charge in [0.2, 0.25) is 0 Å². The zero-order valence-corrected chi connectivity index (χ0v) is 11.1. The van der Waals surface area contributed by atoms with E-state index in [1.54, 1.807) is 0 Å². The number of hydrogen-bond donors (Lipinski definition) is 1. The molecule has 98 valence electrons. The van der Waals surface area contributed by atoms with Gasteiger partial charge < -0.3 is 15.1 Å². The number of amides is 2. The summed E-state index contributed by atoms with van der Waals surface area (Å²) in [5.74, 6) is 0. The average Bonchev–Trinajstić information content (AvgIpc) is 2.90. The molecule has 2 aliphatic heterocycles. The fraction of sp³-hybridized carbons (Fsp3) is 0.923. The van der Waals surface area contributed by atoms with E-state index in [9.17, 15) is 4.79 Å². The number of hydrogen-bond acceptors (Lipinski definition) is 2. The Kier molecular flexibility index (Phi) is 4.26. The third-order valence-corrected chi connectivity index (χ3v) is 4.16. The van der Waals surface area contributed by atoms with Gasteiger partial charge in [-0.3, -0.25) is 0 Å². The molecule has 0 spiro atoms. The number of piperidine rings is 1. The minimum atomic E-state index is 0.214. The van der Waals surface area contributed by atoms with Crippen molar-refractivity contribution in [1.82, 2.24) is 15.1 Å². The molecule has 4 nitrogen and oxygen atoms in total. The largest absolute Gasteiger partial charge is 0.328 e. The number of nitrogens with one attached hydrogen (secondary N) is 1. The van der Waals surface area contributed by atoms with Gasteiger partial charge in [-0.05, 0) is 45.6 Å². The molecule has 4 heteroatoms. The number of rotatable bonds is 2. The lowest BCUT2D eigenvalue weighted by atomic mass is 9.95. The molecule has 0 saturated carbocycles. The van der Waals surface area contributed by atoms with Crippen molar-refractivity contribution in [2.75, 3.05) is 26.7 Å². The predicted molar refractivity (Wildman–Crippen MR) is 69.1 cm³/mol. The summed E-state index contributed by atoms with van der Waals surface area (Å²) in [5, 5.41) is 3.56. The van der Waals surface area contributed by atoms with E-state index in [-0.39, 0.29) is 6.03 Å². The Hall–Kier alpha value is -0.770. The minimum Gasteiger partial charge on any atom is -0.328 e. The topological polar surface area (TPSA) is 35.6 Å². The van der Waals surface area contributed by atoms with Gasteiger partial charge in [0.1, 0.15) is 0 Å². The van der Waals surface area contributed by atoms with Crippen molar-refractivity contribution < 1.29 is 4.79 Å². The zero-order chi connectivity index (χ0) is 12.3. The van der Waals surface area contributed by atoms with Crippen LogP contribution in [0.25, 0.3) is 0 Å². The molecule has 0 aromatic carbocycles. The summed E-state index contributed by atoms with van der Waals surface area (Å²) in [4.78, 5) is 16.3. The first-order chi connectivity index (χ1) is 8.24. The third-order valence-electron chi connectivity index (χ3n) is 4.16. The summed E-state index contributed by atoms with van der Waals surface area (Å²) in [5.41, 5.74) is 0. The molecule has 0 bridgehead atoms. The van der Waals surface area contributed by atoms with Crippen molar-refractivity contribution in [3.05, 3.63) is 0 Å². The van der Waals surface area contributed by atoms with Crippen LogP contribution in [0.4, 0.5) is 4.79 Å². The van der Waals surface area contributed by atoms with Crippen LogP contribution in [0.3, 0.4) is 0 Å². The van der Waals surface area contributed by atoms with Gasteiger partial charge in [-0.1, -0.05) is 0 Å². The lowest BCUT2D eigenvalue weighted by Gasteiger charge is -2.40. The number of carbonyl (C=O) groups excluding carboxylic acids is 1. The van der Waals surface area contributed by atoms with Crippen molar-refractivity contribution in [3.63, 3.8) is 0 Å². The van der Waals surface area contributed by atoms with Gasteiger partial charge in [0.25, 0.3) is 0 Å². The summed E-state index contributed by atoms with van der Waals surface area (Å²) in [6.07, 6.45) is 6.08. The van der Waals surface area contributed by atoms with E-state index < -0.39 is 0 Å². The lowest BCUT2D eigenvalue weighted by Crippen LogP contribution is -2.55. The molecule has 2 amide bonds. The average molecular weight is 239 g/mol. The molecule has 2 saturated heterocycles. The number of urea groups is 1. The van der Waals surface area contributed by atoms with Gasteiger partial charge in [0.05, 0.1) is 0 Å². The van der Waals surface area contributed by atoms with E-state index in [0.29, 0.717) is 12.1 Å². The predicted octanol–water partition coefficient (Wildman–Crippen LogP) is 1.66. The molecule has 0 aliphatic carbocycles. The molecule has 2 heterocycles. The molecule has 0 radical (unpaired) electrons. The minimum absolute atomic E-state index is 0.214. The molecular formula is C13H25N3O. The summed E-state index contributed by atoms with van der Waals surface area (Å²) in [7, 11) is 1.90. The molecule has 2 rings (SSSR count). The van der Waals surface area contributed by atoms with Crippen molar-refractivity contribution in [1.29, 1.82) is 0 Å². The first-order valence-corrected chi connectivity index (χ1v) is 6.99. The molecule has 2 unspecified atom stereocenters. The molecule has 2 atom stereocenters. The van der Waals surface area contributed by atoms with Crippen LogP contribution in [0.5, 0.6) is 0 Å². The number of likely N-dealkylation sites (tertiary alicyclic amines) is 1. The van der Waals surface area contributed by atoms with Gasteiger partial charge in [0.15, 0.2) is 0 Å². The van der Waals surface area contributed by atoms with E-state index in [2.05, 4.69) is 10.2 Å². The first-order valence-electron chi connectivity index (χ1n) is 6.99. The van der Waals surface area contributed by atoms with Crippen molar-refractivity contribution in [2.45, 2.75) is 51.1 Å². The second-order valence-electron chi connectivity index (χ2n) is 5.26. The fourth-order valence-electron chi connectivity index (χ4n) is 3.01. The van der Waals surface area contributed by atoms with Gasteiger partial charge >= 0.3 is 6.03 Å². The molecule has 1 N–H and O–H groups in total. The van der Waals surface area contributed by atoms with E-state index in [1.807, 2.05) is 18.9 Å². The summed E-state index contributed by atoms with van der Waals surface area (Å²) >= 11 is 0. The summed E-state index contributed by atoms with van der Waals surface area (Å²) in [6.45, 7) is 4.88. The SMILES string of the molecule is CCN(C)C(=O)N1CCCCC1C1CCCN1. The van der Waals surface area contributed by atoms with Gasteiger partial charge in [-0.2, -0.15) is 0 Å². The van der Waals surface area contributed by atoms with Crippen LogP contribution in [-0.2, 0) is 0 Å². The second-order valence-corrected chi connectivity index (χ2v) is 5.26. The van der Waals surface area contributed by atoms with Crippen LogP contribution in [0.1, 0.15) is 39.0 Å². The molecule has 2 aliphatic rings. The highest BCUT2D eigenvalue weighted by molar-refractivity contribution is 5.74. The maximum Gasteiger partial charge on any atom is 0.320 e. The van der Waals surface area contributed by atoms with E-state index >= 15 is 0 Å². The van der Waals surface area contributed by atoms with Crippen LogP contribution in [-0.4, -0.2) is 54.6 Å². The Morgan fingerprint density at radius 1 is 1.35 bits per heavy atom. The second kappa shape index (κ2) is 5.71. The van der Waals surface area contributed by atoms with Crippen LogP contribution in [0.15, 0.2) is 0 Å². The molecule has 17 heavy (non-hydrogen) atoms. The van der Waals surface area contributed by atoms with E-state index in [4.69, 9.17) is 0 Å². The monoisotopic (exact) mass is 239 g/mol. The maximum atomic E-state index is 12.3. The standard InChI is InChI=1S/C13H25N3O/c1-3-15(2)13(17)16-10-5-4-8-12(16)11-7-6-9-14-11/h11-12,14H,3-10H2,1-2H3. The van der Waals surface area contributed by atoms with Gasteiger partial charge in [0, 0.05) is 32.2 Å². The van der Waals surface area contributed by atoms with Crippen LogP contribution >= 0.6 is 0 Å². The maximum absolute atomic E-state index is 12.3. The van der Waals surface area contributed by atoms with Crippen molar-refractivity contribution >= 4 is 6.03 Å². The Bertz CT molecular complexity index is 263. The lowest BCUT2D eigenvalue weighted by molar-refractivity contribution is 0.109. The summed E-state index contributed by atoms with van der Waals surface area (Å²) in [6, 6.07) is 1.17. The zero-order valence-electron chi connectivity index (χ0n) is 11.1. The highest BCUT2D eigenvalue weighted by atomic mass is 16.2. The molecule has 2 fully saturated rings. The molecule has 0 aromatic rings. The van der Waals surface area contributed by atoms with Crippen LogP contribution in [0.2, 0.25) is 0 Å². The number of carbonyl (C=O) groups is 1. The molecule has 0 aromatic heterocycles. The highest BCUT2D eigenvalue weighted by Crippen LogP contribution is 2.25. The fourth-order valence-corrected chi connectivity index (χ4v) is 3.01. The van der Waals surface area contributed by atoms with Crippen molar-refractivity contribution in [2.24, 2.45) is 0 Å². The smallest absolute Gasteiger partial charge is 0.320 e. The third kappa shape index (κ3) is 2.73. The van der Waals surface area contributed by atoms with E-state index in [1.165, 1.54) is 25.7 Å².